The Morgan fingerprint density at radius 1 is 1.11 bits per heavy atom. The molecule has 5 rings (SSSR count). The van der Waals surface area contributed by atoms with Gasteiger partial charge in [0.2, 0.25) is 6.79 Å². The maximum absolute atomic E-state index is 13.0. The van der Waals surface area contributed by atoms with Crippen molar-refractivity contribution >= 4 is 17.6 Å². The SMILES string of the molecule is CCC(C)NC(=O)n1nc(-c2cc(NC(=O)c3ccc4c(c3)OCO4)ccc2O)cc1C1CCCC1. The predicted molar refractivity (Wildman–Crippen MR) is 135 cm³/mol. The zero-order chi connectivity index (χ0) is 25.2. The number of amides is 2. The van der Waals surface area contributed by atoms with Crippen LogP contribution in [0, 0.1) is 0 Å². The number of nitrogens with one attached hydrogen (secondary N) is 2. The molecule has 9 nitrogen and oxygen atoms in total. The molecule has 0 radical (unpaired) electrons. The number of hydrogen-bond acceptors (Lipinski definition) is 6. The van der Waals surface area contributed by atoms with Gasteiger partial charge in [-0.3, -0.25) is 4.79 Å². The van der Waals surface area contributed by atoms with Crippen molar-refractivity contribution in [1.29, 1.82) is 0 Å². The minimum absolute atomic E-state index is 0.0148. The van der Waals surface area contributed by atoms with E-state index in [1.807, 2.05) is 19.9 Å². The van der Waals surface area contributed by atoms with E-state index < -0.39 is 0 Å². The molecule has 1 aliphatic heterocycles. The summed E-state index contributed by atoms with van der Waals surface area (Å²) >= 11 is 0. The van der Waals surface area contributed by atoms with Gasteiger partial charge in [0.1, 0.15) is 5.75 Å². The van der Waals surface area contributed by atoms with E-state index in [9.17, 15) is 14.7 Å². The number of fused-ring (bicyclic) bond motifs is 1. The van der Waals surface area contributed by atoms with E-state index >= 15 is 0 Å². The Morgan fingerprint density at radius 2 is 1.89 bits per heavy atom. The first kappa shape index (κ1) is 23.7. The smallest absolute Gasteiger partial charge is 0.342 e. The summed E-state index contributed by atoms with van der Waals surface area (Å²) in [6.45, 7) is 4.10. The highest BCUT2D eigenvalue weighted by atomic mass is 16.7. The first-order chi connectivity index (χ1) is 17.4. The minimum atomic E-state index is -0.324. The fraction of sp³-hybridized carbons (Fsp3) is 0.370. The number of benzene rings is 2. The van der Waals surface area contributed by atoms with Crippen LogP contribution in [0.25, 0.3) is 11.3 Å². The molecule has 2 amide bonds. The molecule has 1 saturated carbocycles. The molecule has 3 N–H and O–H groups in total. The molecule has 188 valence electrons. The lowest BCUT2D eigenvalue weighted by atomic mass is 10.0. The van der Waals surface area contributed by atoms with Gasteiger partial charge in [0.05, 0.1) is 11.4 Å². The first-order valence-corrected chi connectivity index (χ1v) is 12.4. The second-order valence-corrected chi connectivity index (χ2v) is 9.36. The van der Waals surface area contributed by atoms with Crippen molar-refractivity contribution in [3.05, 3.63) is 53.7 Å². The van der Waals surface area contributed by atoms with Crippen molar-refractivity contribution in [1.82, 2.24) is 15.1 Å². The second kappa shape index (κ2) is 9.93. The van der Waals surface area contributed by atoms with Gasteiger partial charge in [-0.2, -0.15) is 9.78 Å². The molecule has 9 heteroatoms. The molecule has 0 bridgehead atoms. The lowest BCUT2D eigenvalue weighted by Crippen LogP contribution is -2.37. The first-order valence-electron chi connectivity index (χ1n) is 12.4. The quantitative estimate of drug-likeness (QED) is 0.407. The van der Waals surface area contributed by atoms with E-state index in [0.717, 1.165) is 37.8 Å². The van der Waals surface area contributed by atoms with Crippen molar-refractivity contribution < 1.29 is 24.2 Å². The summed E-state index contributed by atoms with van der Waals surface area (Å²) in [4.78, 5) is 25.9. The van der Waals surface area contributed by atoms with Crippen LogP contribution in [0.15, 0.2) is 42.5 Å². The van der Waals surface area contributed by atoms with Gasteiger partial charge in [0.15, 0.2) is 11.5 Å². The molecule has 2 heterocycles. The lowest BCUT2D eigenvalue weighted by Gasteiger charge is -2.15. The topological polar surface area (TPSA) is 115 Å². The van der Waals surface area contributed by atoms with Crippen molar-refractivity contribution in [3.8, 4) is 28.5 Å². The monoisotopic (exact) mass is 490 g/mol. The van der Waals surface area contributed by atoms with Gasteiger partial charge in [0, 0.05) is 28.8 Å². The highest BCUT2D eigenvalue weighted by Crippen LogP contribution is 2.38. The number of phenolic OH excluding ortho intramolecular Hbond substituents is 1. The second-order valence-electron chi connectivity index (χ2n) is 9.36. The van der Waals surface area contributed by atoms with Crippen LogP contribution in [0.3, 0.4) is 0 Å². The third kappa shape index (κ3) is 4.73. The number of carbonyl (C=O) groups is 2. The number of nitrogens with zero attached hydrogens (tertiary/aromatic N) is 2. The van der Waals surface area contributed by atoms with Crippen molar-refractivity contribution in [3.63, 3.8) is 0 Å². The Morgan fingerprint density at radius 3 is 2.67 bits per heavy atom. The Balaban J connectivity index is 1.43. The van der Waals surface area contributed by atoms with Crippen molar-refractivity contribution in [2.75, 3.05) is 12.1 Å². The molecule has 2 aromatic carbocycles. The van der Waals surface area contributed by atoms with Crippen LogP contribution < -0.4 is 20.1 Å². The average molecular weight is 491 g/mol. The molecule has 36 heavy (non-hydrogen) atoms. The van der Waals surface area contributed by atoms with Crippen LogP contribution in [-0.4, -0.2) is 39.7 Å². The predicted octanol–water partition coefficient (Wildman–Crippen LogP) is 5.25. The summed E-state index contributed by atoms with van der Waals surface area (Å²) in [5, 5.41) is 21.1. The summed E-state index contributed by atoms with van der Waals surface area (Å²) in [6.07, 6.45) is 5.04. The maximum Gasteiger partial charge on any atom is 0.342 e. The molecule has 1 unspecified atom stereocenters. The highest BCUT2D eigenvalue weighted by molar-refractivity contribution is 6.05. The van der Waals surface area contributed by atoms with Gasteiger partial charge in [-0.15, -0.1) is 0 Å². The van der Waals surface area contributed by atoms with E-state index in [1.54, 1.807) is 30.3 Å². The molecule has 2 aliphatic rings. The minimum Gasteiger partial charge on any atom is -0.507 e. The molecule has 1 aliphatic carbocycles. The number of carbonyl (C=O) groups excluding carboxylic acids is 2. The Kier molecular flexibility index (Phi) is 6.54. The number of phenols is 1. The summed E-state index contributed by atoms with van der Waals surface area (Å²) in [5.41, 5.74) is 2.67. The summed E-state index contributed by atoms with van der Waals surface area (Å²) in [7, 11) is 0. The largest absolute Gasteiger partial charge is 0.507 e. The number of anilines is 1. The molecule has 0 saturated heterocycles. The number of aromatic hydroxyl groups is 1. The zero-order valence-electron chi connectivity index (χ0n) is 20.4. The zero-order valence-corrected chi connectivity index (χ0v) is 20.4. The Labute approximate surface area is 209 Å². The van der Waals surface area contributed by atoms with E-state index in [4.69, 9.17) is 9.47 Å². The van der Waals surface area contributed by atoms with Crippen LogP contribution in [0.5, 0.6) is 17.2 Å². The fourth-order valence-electron chi connectivity index (χ4n) is 4.64. The van der Waals surface area contributed by atoms with Gasteiger partial charge in [-0.1, -0.05) is 19.8 Å². The third-order valence-corrected chi connectivity index (χ3v) is 6.85. The van der Waals surface area contributed by atoms with Crippen LogP contribution in [-0.2, 0) is 0 Å². The van der Waals surface area contributed by atoms with Gasteiger partial charge in [-0.05, 0) is 68.7 Å². The lowest BCUT2D eigenvalue weighted by molar-refractivity contribution is 0.102. The molecular formula is C27H30N4O5. The number of hydrogen-bond donors (Lipinski definition) is 3. The van der Waals surface area contributed by atoms with E-state index in [1.165, 1.54) is 10.7 Å². The molecule has 3 aromatic rings. The number of aromatic nitrogens is 2. The summed E-state index contributed by atoms with van der Waals surface area (Å²) in [6, 6.07) is 11.4. The standard InChI is InChI=1S/C27H30N4O5/c1-3-16(2)28-27(34)31-22(17-6-4-5-7-17)14-21(30-31)20-13-19(9-10-23(20)32)29-26(33)18-8-11-24-25(12-18)36-15-35-24/h8-14,16-17,32H,3-7,15H2,1-2H3,(H,28,34)(H,29,33). The third-order valence-electron chi connectivity index (χ3n) is 6.85. The highest BCUT2D eigenvalue weighted by Gasteiger charge is 2.26. The van der Waals surface area contributed by atoms with Crippen molar-refractivity contribution in [2.45, 2.75) is 57.9 Å². The normalized spacial score (nSPS) is 15.6. The Hall–Kier alpha value is -4.01. The Bertz CT molecular complexity index is 1300. The maximum atomic E-state index is 13.0. The van der Waals surface area contributed by atoms with Gasteiger partial charge in [0.25, 0.3) is 5.91 Å². The van der Waals surface area contributed by atoms with E-state index in [-0.39, 0.29) is 36.4 Å². The van der Waals surface area contributed by atoms with Gasteiger partial charge in [-0.25, -0.2) is 4.79 Å². The van der Waals surface area contributed by atoms with Crippen LogP contribution in [0.1, 0.15) is 67.9 Å². The fourth-order valence-corrected chi connectivity index (χ4v) is 4.64. The summed E-state index contributed by atoms with van der Waals surface area (Å²) in [5.74, 6) is 1.06. The van der Waals surface area contributed by atoms with Crippen molar-refractivity contribution in [2.24, 2.45) is 0 Å². The molecule has 1 fully saturated rings. The summed E-state index contributed by atoms with van der Waals surface area (Å²) < 4.78 is 12.1. The van der Waals surface area contributed by atoms with Crippen LogP contribution in [0.2, 0.25) is 0 Å². The number of rotatable bonds is 6. The number of ether oxygens (including phenoxy) is 2. The average Bonchev–Trinajstić information content (AvgIpc) is 3.64. The van der Waals surface area contributed by atoms with Gasteiger partial charge < -0.3 is 25.2 Å². The van der Waals surface area contributed by atoms with E-state index in [2.05, 4.69) is 15.7 Å². The van der Waals surface area contributed by atoms with Crippen LogP contribution >= 0.6 is 0 Å². The molecule has 0 spiro atoms. The van der Waals surface area contributed by atoms with Crippen LogP contribution in [0.4, 0.5) is 10.5 Å². The molecule has 1 atom stereocenters. The van der Waals surface area contributed by atoms with Gasteiger partial charge >= 0.3 is 6.03 Å². The van der Waals surface area contributed by atoms with E-state index in [0.29, 0.717) is 34.0 Å². The molecule has 1 aromatic heterocycles. The molecular weight excluding hydrogens is 460 g/mol.